The minimum atomic E-state index is -0.583. The van der Waals surface area contributed by atoms with Gasteiger partial charge in [-0.25, -0.2) is 0 Å². The van der Waals surface area contributed by atoms with Gasteiger partial charge in [0.2, 0.25) is 11.8 Å². The first-order valence-electron chi connectivity index (χ1n) is 9.60. The Morgan fingerprint density at radius 1 is 1.42 bits per heavy atom. The molecule has 0 unspecified atom stereocenters. The molecule has 3 aliphatic heterocycles. The molecule has 3 saturated heterocycles. The average molecular weight is 360 g/mol. The van der Waals surface area contributed by atoms with E-state index in [2.05, 4.69) is 18.9 Å². The van der Waals surface area contributed by atoms with E-state index < -0.39 is 5.72 Å². The molecule has 2 amide bonds. The van der Waals surface area contributed by atoms with E-state index in [1.54, 1.807) is 0 Å². The predicted octanol–water partition coefficient (Wildman–Crippen LogP) is 1.47. The zero-order valence-corrected chi connectivity index (χ0v) is 16.1. The number of hydrogen-bond donors (Lipinski definition) is 0. The molecule has 0 saturated carbocycles. The third kappa shape index (κ3) is 2.47. The lowest BCUT2D eigenvalue weighted by Gasteiger charge is -2.34. The van der Waals surface area contributed by atoms with Gasteiger partial charge in [0.25, 0.3) is 0 Å². The summed E-state index contributed by atoms with van der Waals surface area (Å²) in [5, 5.41) is 4.43. The topological polar surface area (TPSA) is 67.7 Å². The molecule has 26 heavy (non-hydrogen) atoms. The molecule has 7 nitrogen and oxygen atoms in total. The fraction of sp³-hybridized carbons (Fsp3) is 0.737. The van der Waals surface area contributed by atoms with E-state index in [1.807, 2.05) is 34.4 Å². The molecule has 3 aliphatic rings. The summed E-state index contributed by atoms with van der Waals surface area (Å²) in [5.41, 5.74) is 1.44. The number of amides is 2. The molecule has 1 spiro atoms. The average Bonchev–Trinajstić information content (AvgIpc) is 3.27. The molecule has 3 atom stereocenters. The predicted molar refractivity (Wildman–Crippen MR) is 95.2 cm³/mol. The van der Waals surface area contributed by atoms with Crippen LogP contribution in [0, 0.1) is 19.8 Å². The van der Waals surface area contributed by atoms with Crippen LogP contribution in [0.2, 0.25) is 0 Å². The van der Waals surface area contributed by atoms with Gasteiger partial charge < -0.3 is 14.5 Å². The second-order valence-electron chi connectivity index (χ2n) is 8.19. The summed E-state index contributed by atoms with van der Waals surface area (Å²) in [7, 11) is 0. The van der Waals surface area contributed by atoms with Crippen LogP contribution >= 0.6 is 0 Å². The highest BCUT2D eigenvalue weighted by Gasteiger charge is 2.65. The number of rotatable bonds is 4. The van der Waals surface area contributed by atoms with E-state index in [-0.39, 0.29) is 23.9 Å². The molecular weight excluding hydrogens is 332 g/mol. The number of hydrogen-bond acceptors (Lipinski definition) is 4. The summed E-state index contributed by atoms with van der Waals surface area (Å²) < 4.78 is 8.07. The van der Waals surface area contributed by atoms with Crippen LogP contribution in [0.5, 0.6) is 0 Å². The maximum Gasteiger partial charge on any atom is 0.227 e. The van der Waals surface area contributed by atoms with Crippen LogP contribution in [0.25, 0.3) is 0 Å². The number of aromatic nitrogens is 2. The fourth-order valence-corrected chi connectivity index (χ4v) is 4.92. The lowest BCUT2D eigenvalue weighted by atomic mass is 10.0. The van der Waals surface area contributed by atoms with E-state index in [9.17, 15) is 9.59 Å². The van der Waals surface area contributed by atoms with Crippen molar-refractivity contribution in [3.8, 4) is 0 Å². The zero-order chi connectivity index (χ0) is 18.6. The summed E-state index contributed by atoms with van der Waals surface area (Å²) in [4.78, 5) is 29.4. The van der Waals surface area contributed by atoms with Crippen molar-refractivity contribution in [2.75, 3.05) is 13.2 Å². The quantitative estimate of drug-likeness (QED) is 0.816. The molecule has 7 heteroatoms. The maximum atomic E-state index is 12.9. The summed E-state index contributed by atoms with van der Waals surface area (Å²) in [6, 6.07) is 1.99. The Bertz CT molecular complexity index is 743. The third-order valence-electron chi connectivity index (χ3n) is 6.22. The molecule has 1 aromatic rings. The largest absolute Gasteiger partial charge is 0.351 e. The van der Waals surface area contributed by atoms with Crippen molar-refractivity contribution in [2.24, 2.45) is 5.92 Å². The van der Waals surface area contributed by atoms with Crippen LogP contribution in [0.1, 0.15) is 44.5 Å². The summed E-state index contributed by atoms with van der Waals surface area (Å²) in [6.45, 7) is 10.0. The molecule has 1 aromatic heterocycles. The van der Waals surface area contributed by atoms with Gasteiger partial charge in [0.05, 0.1) is 30.8 Å². The van der Waals surface area contributed by atoms with Gasteiger partial charge in [0.15, 0.2) is 5.72 Å². The van der Waals surface area contributed by atoms with E-state index in [0.29, 0.717) is 38.5 Å². The van der Waals surface area contributed by atoms with Crippen molar-refractivity contribution in [1.29, 1.82) is 0 Å². The first kappa shape index (κ1) is 17.5. The van der Waals surface area contributed by atoms with Crippen LogP contribution in [0.4, 0.5) is 0 Å². The first-order chi connectivity index (χ1) is 12.3. The van der Waals surface area contributed by atoms with E-state index in [4.69, 9.17) is 4.74 Å². The molecular formula is C19H28N4O3. The highest BCUT2D eigenvalue weighted by molar-refractivity contribution is 5.85. The normalized spacial score (nSPS) is 30.4. The zero-order valence-electron chi connectivity index (χ0n) is 16.1. The van der Waals surface area contributed by atoms with Gasteiger partial charge in [-0.1, -0.05) is 13.8 Å². The summed E-state index contributed by atoms with van der Waals surface area (Å²) in [5.74, 6) is 0.570. The van der Waals surface area contributed by atoms with E-state index >= 15 is 0 Å². The summed E-state index contributed by atoms with van der Waals surface area (Å²) in [6.07, 6.45) is 1.50. The van der Waals surface area contributed by atoms with Crippen molar-refractivity contribution >= 4 is 11.8 Å². The highest BCUT2D eigenvalue weighted by Crippen LogP contribution is 2.48. The fourth-order valence-electron chi connectivity index (χ4n) is 4.92. The highest BCUT2D eigenvalue weighted by atomic mass is 16.5. The van der Waals surface area contributed by atoms with Gasteiger partial charge in [-0.2, -0.15) is 5.10 Å². The van der Waals surface area contributed by atoms with Crippen LogP contribution < -0.4 is 0 Å². The van der Waals surface area contributed by atoms with Gasteiger partial charge in [0.1, 0.15) is 0 Å². The Balaban J connectivity index is 1.47. The maximum absolute atomic E-state index is 12.9. The van der Waals surface area contributed by atoms with Crippen LogP contribution in [0.3, 0.4) is 0 Å². The van der Waals surface area contributed by atoms with Crippen molar-refractivity contribution < 1.29 is 14.3 Å². The van der Waals surface area contributed by atoms with Gasteiger partial charge in [-0.3, -0.25) is 14.3 Å². The third-order valence-corrected chi connectivity index (χ3v) is 6.22. The Labute approximate surface area is 154 Å². The number of ether oxygens (including phenoxy) is 1. The number of carbonyl (C=O) groups is 2. The lowest BCUT2D eigenvalue weighted by molar-refractivity contribution is -0.141. The van der Waals surface area contributed by atoms with Gasteiger partial charge in [-0.05, 0) is 25.8 Å². The van der Waals surface area contributed by atoms with Gasteiger partial charge in [0, 0.05) is 31.6 Å². The van der Waals surface area contributed by atoms with Crippen LogP contribution in [-0.2, 0) is 20.9 Å². The first-order valence-corrected chi connectivity index (χ1v) is 9.60. The van der Waals surface area contributed by atoms with Crippen molar-refractivity contribution in [2.45, 2.75) is 71.3 Å². The van der Waals surface area contributed by atoms with Crippen LogP contribution in [-0.4, -0.2) is 62.4 Å². The Morgan fingerprint density at radius 3 is 2.85 bits per heavy atom. The number of nitrogens with zero attached hydrogens (tertiary/aromatic N) is 4. The van der Waals surface area contributed by atoms with Crippen molar-refractivity contribution in [1.82, 2.24) is 19.6 Å². The standard InChI is InChI=1S/C19H28N4O3/c1-12(2)15-11-26-19-6-8-21(16(19)10-18(25)23(15)19)17(24)5-7-22-14(4)9-13(3)20-22/h9,12,15-16H,5-8,10-11H2,1-4H3/t15-,16+,19-/m0/s1. The lowest BCUT2D eigenvalue weighted by Crippen LogP contribution is -2.51. The molecule has 0 aliphatic carbocycles. The number of likely N-dealkylation sites (tertiary alicyclic amines) is 1. The molecule has 0 aromatic carbocycles. The second-order valence-corrected chi connectivity index (χ2v) is 8.19. The Morgan fingerprint density at radius 2 is 2.19 bits per heavy atom. The minimum Gasteiger partial charge on any atom is -0.351 e. The van der Waals surface area contributed by atoms with Crippen molar-refractivity contribution in [3.63, 3.8) is 0 Å². The number of carbonyl (C=O) groups excluding carboxylic acids is 2. The van der Waals surface area contributed by atoms with E-state index in [0.717, 1.165) is 17.8 Å². The molecule has 0 radical (unpaired) electrons. The molecule has 3 fully saturated rings. The monoisotopic (exact) mass is 360 g/mol. The number of aryl methyl sites for hydroxylation is 3. The Kier molecular flexibility index (Phi) is 4.10. The molecule has 142 valence electrons. The SMILES string of the molecule is Cc1cc(C)n(CCC(=O)N2CC[C@@]34OC[C@@H](C(C)C)N3C(=O)C[C@@H]24)n1. The summed E-state index contributed by atoms with van der Waals surface area (Å²) >= 11 is 0. The smallest absolute Gasteiger partial charge is 0.227 e. The van der Waals surface area contributed by atoms with Crippen LogP contribution in [0.15, 0.2) is 6.07 Å². The second kappa shape index (κ2) is 6.08. The minimum absolute atomic E-state index is 0.0886. The molecule has 0 bridgehead atoms. The molecule has 4 heterocycles. The van der Waals surface area contributed by atoms with Gasteiger partial charge >= 0.3 is 0 Å². The Hall–Kier alpha value is -1.89. The molecule has 0 N–H and O–H groups in total. The van der Waals surface area contributed by atoms with E-state index in [1.165, 1.54) is 0 Å². The van der Waals surface area contributed by atoms with Crippen molar-refractivity contribution in [3.05, 3.63) is 17.5 Å². The molecule has 4 rings (SSSR count). The van der Waals surface area contributed by atoms with Gasteiger partial charge in [-0.15, -0.1) is 0 Å².